The van der Waals surface area contributed by atoms with Gasteiger partial charge in [0.2, 0.25) is 10.0 Å². The van der Waals surface area contributed by atoms with Gasteiger partial charge in [-0.2, -0.15) is 5.10 Å². The summed E-state index contributed by atoms with van der Waals surface area (Å²) in [4.78, 5) is 8.99. The highest BCUT2D eigenvalue weighted by molar-refractivity contribution is 7.88. The van der Waals surface area contributed by atoms with Crippen molar-refractivity contribution >= 4 is 10.0 Å². The quantitative estimate of drug-likeness (QED) is 0.909. The number of aromatic amines is 1. The molecule has 7 nitrogen and oxygen atoms in total. The van der Waals surface area contributed by atoms with Gasteiger partial charge >= 0.3 is 0 Å². The lowest BCUT2D eigenvalue weighted by Crippen LogP contribution is -2.27. The normalized spacial score (nSPS) is 19.3. The summed E-state index contributed by atoms with van der Waals surface area (Å²) in [5, 5.41) is 7.16. The molecule has 3 rings (SSSR count). The summed E-state index contributed by atoms with van der Waals surface area (Å²) >= 11 is 0. The van der Waals surface area contributed by atoms with Gasteiger partial charge in [-0.25, -0.2) is 17.7 Å². The van der Waals surface area contributed by atoms with Crippen LogP contribution >= 0.6 is 0 Å². The molecule has 0 saturated carbocycles. The minimum absolute atomic E-state index is 0.292. The highest BCUT2D eigenvalue weighted by atomic mass is 32.2. The second-order valence-electron chi connectivity index (χ2n) is 6.18. The fraction of sp³-hybridized carbons (Fsp3) is 0.533. The van der Waals surface area contributed by atoms with Gasteiger partial charge in [0.05, 0.1) is 29.5 Å². The average molecular weight is 335 g/mol. The molecule has 0 spiro atoms. The lowest BCUT2D eigenvalue weighted by molar-refractivity contribution is 0.459. The van der Waals surface area contributed by atoms with Crippen molar-refractivity contribution < 1.29 is 8.42 Å². The number of aryl methyl sites for hydroxylation is 2. The molecule has 23 heavy (non-hydrogen) atoms. The van der Waals surface area contributed by atoms with Crippen LogP contribution in [-0.2, 0) is 16.4 Å². The third kappa shape index (κ3) is 3.42. The summed E-state index contributed by atoms with van der Waals surface area (Å²) in [6, 6.07) is 0. The van der Waals surface area contributed by atoms with Crippen LogP contribution in [0, 0.1) is 19.8 Å². The average Bonchev–Trinajstić information content (AvgIpc) is 3.06. The monoisotopic (exact) mass is 335 g/mol. The molecule has 1 aliphatic rings. The molecule has 1 saturated heterocycles. The number of hydrogen-bond acceptors (Lipinski definition) is 5. The van der Waals surface area contributed by atoms with Crippen LogP contribution < -0.4 is 0 Å². The second-order valence-corrected chi connectivity index (χ2v) is 8.17. The van der Waals surface area contributed by atoms with E-state index in [9.17, 15) is 8.42 Å². The van der Waals surface area contributed by atoms with Crippen molar-refractivity contribution in [2.75, 3.05) is 19.3 Å². The van der Waals surface area contributed by atoms with Crippen LogP contribution in [0.1, 0.15) is 23.5 Å². The van der Waals surface area contributed by atoms with Gasteiger partial charge in [-0.1, -0.05) is 0 Å². The van der Waals surface area contributed by atoms with Crippen LogP contribution in [0.2, 0.25) is 0 Å². The molecule has 1 aliphatic heterocycles. The Morgan fingerprint density at radius 1 is 1.35 bits per heavy atom. The molecule has 0 unspecified atom stereocenters. The van der Waals surface area contributed by atoms with E-state index in [2.05, 4.69) is 15.2 Å². The molecule has 8 heteroatoms. The van der Waals surface area contributed by atoms with Gasteiger partial charge in [0.15, 0.2) is 0 Å². The van der Waals surface area contributed by atoms with E-state index in [4.69, 9.17) is 4.98 Å². The molecule has 0 amide bonds. The minimum Gasteiger partial charge on any atom is -0.282 e. The van der Waals surface area contributed by atoms with Gasteiger partial charge in [-0.15, -0.1) is 0 Å². The Morgan fingerprint density at radius 2 is 2.13 bits per heavy atom. The van der Waals surface area contributed by atoms with Gasteiger partial charge < -0.3 is 0 Å². The van der Waals surface area contributed by atoms with Crippen LogP contribution in [-0.4, -0.2) is 52.2 Å². The predicted octanol–water partition coefficient (Wildman–Crippen LogP) is 1.31. The van der Waals surface area contributed by atoms with E-state index in [1.165, 1.54) is 6.26 Å². The number of sulfonamides is 1. The summed E-state index contributed by atoms with van der Waals surface area (Å²) in [6.07, 6.45) is 6.37. The maximum atomic E-state index is 11.6. The minimum atomic E-state index is -3.10. The SMILES string of the molecule is Cc1n[nH]c(C)c1-c1cncc(C[C@H]2CCN(S(C)(=O)=O)C2)n1. The summed E-state index contributed by atoms with van der Waals surface area (Å²) < 4.78 is 24.7. The first kappa shape index (κ1) is 16.1. The predicted molar refractivity (Wildman–Crippen MR) is 87.3 cm³/mol. The number of nitrogens with one attached hydrogen (secondary N) is 1. The topological polar surface area (TPSA) is 91.8 Å². The molecule has 0 aromatic carbocycles. The van der Waals surface area contributed by atoms with Crippen molar-refractivity contribution in [1.29, 1.82) is 0 Å². The van der Waals surface area contributed by atoms with Crippen molar-refractivity contribution in [2.24, 2.45) is 5.92 Å². The maximum absolute atomic E-state index is 11.6. The molecule has 1 fully saturated rings. The van der Waals surface area contributed by atoms with Gasteiger partial charge in [-0.05, 0) is 32.6 Å². The van der Waals surface area contributed by atoms with Crippen LogP contribution in [0.25, 0.3) is 11.3 Å². The van der Waals surface area contributed by atoms with Crippen molar-refractivity contribution in [2.45, 2.75) is 26.7 Å². The standard InChI is InChI=1S/C15H21N5O2S/c1-10-15(11(2)19-18-10)14-8-16-7-13(17-14)6-12-4-5-20(9-12)23(3,21)22/h7-8,12H,4-6,9H2,1-3H3,(H,18,19)/t12-/m1/s1. The van der Waals surface area contributed by atoms with E-state index < -0.39 is 10.0 Å². The zero-order valence-corrected chi connectivity index (χ0v) is 14.4. The Bertz CT molecular complexity index is 796. The van der Waals surface area contributed by atoms with Crippen LogP contribution in [0.15, 0.2) is 12.4 Å². The molecule has 3 heterocycles. The molecule has 0 bridgehead atoms. The fourth-order valence-corrected chi connectivity index (χ4v) is 4.03. The third-order valence-corrected chi connectivity index (χ3v) is 5.55. The summed E-state index contributed by atoms with van der Waals surface area (Å²) in [6.45, 7) is 5.06. The van der Waals surface area contributed by atoms with E-state index in [0.29, 0.717) is 19.0 Å². The van der Waals surface area contributed by atoms with E-state index in [0.717, 1.165) is 41.2 Å². The number of H-pyrrole nitrogens is 1. The highest BCUT2D eigenvalue weighted by Crippen LogP contribution is 2.25. The Morgan fingerprint density at radius 3 is 2.74 bits per heavy atom. The molecule has 1 atom stereocenters. The molecular formula is C15H21N5O2S. The maximum Gasteiger partial charge on any atom is 0.211 e. The Labute approximate surface area is 136 Å². The Hall–Kier alpha value is -1.80. The smallest absolute Gasteiger partial charge is 0.211 e. The molecular weight excluding hydrogens is 314 g/mol. The van der Waals surface area contributed by atoms with E-state index in [1.807, 2.05) is 13.8 Å². The van der Waals surface area contributed by atoms with Crippen LogP contribution in [0.4, 0.5) is 0 Å². The molecule has 2 aromatic rings. The number of aromatic nitrogens is 4. The van der Waals surface area contributed by atoms with Crippen molar-refractivity contribution in [1.82, 2.24) is 24.5 Å². The number of nitrogens with zero attached hydrogens (tertiary/aromatic N) is 4. The first-order chi connectivity index (χ1) is 10.8. The van der Waals surface area contributed by atoms with E-state index >= 15 is 0 Å². The summed E-state index contributed by atoms with van der Waals surface area (Å²) in [5.41, 5.74) is 4.56. The molecule has 0 aliphatic carbocycles. The van der Waals surface area contributed by atoms with Gasteiger partial charge in [-0.3, -0.25) is 10.1 Å². The first-order valence-electron chi connectivity index (χ1n) is 7.62. The number of rotatable bonds is 4. The number of hydrogen-bond donors (Lipinski definition) is 1. The largest absolute Gasteiger partial charge is 0.282 e. The zero-order valence-electron chi connectivity index (χ0n) is 13.6. The second kappa shape index (κ2) is 6.01. The van der Waals surface area contributed by atoms with E-state index in [-0.39, 0.29) is 0 Å². The summed E-state index contributed by atoms with van der Waals surface area (Å²) in [5.74, 6) is 0.292. The van der Waals surface area contributed by atoms with Gasteiger partial charge in [0.25, 0.3) is 0 Å². The molecule has 1 N–H and O–H groups in total. The lowest BCUT2D eigenvalue weighted by Gasteiger charge is -2.13. The first-order valence-corrected chi connectivity index (χ1v) is 9.47. The molecule has 2 aromatic heterocycles. The third-order valence-electron chi connectivity index (χ3n) is 4.28. The zero-order chi connectivity index (χ0) is 16.6. The van der Waals surface area contributed by atoms with Crippen LogP contribution in [0.3, 0.4) is 0 Å². The Balaban J connectivity index is 1.77. The fourth-order valence-electron chi connectivity index (χ4n) is 3.11. The van der Waals surface area contributed by atoms with Gasteiger partial charge in [0, 0.05) is 30.5 Å². The van der Waals surface area contributed by atoms with Crippen molar-refractivity contribution in [3.8, 4) is 11.3 Å². The van der Waals surface area contributed by atoms with Crippen molar-refractivity contribution in [3.05, 3.63) is 29.5 Å². The van der Waals surface area contributed by atoms with Gasteiger partial charge in [0.1, 0.15) is 0 Å². The van der Waals surface area contributed by atoms with Crippen molar-refractivity contribution in [3.63, 3.8) is 0 Å². The lowest BCUT2D eigenvalue weighted by atomic mass is 10.0. The molecule has 124 valence electrons. The Kier molecular flexibility index (Phi) is 4.20. The van der Waals surface area contributed by atoms with Crippen LogP contribution in [0.5, 0.6) is 0 Å². The summed E-state index contributed by atoms with van der Waals surface area (Å²) in [7, 11) is -3.10. The molecule has 0 radical (unpaired) electrons. The highest BCUT2D eigenvalue weighted by Gasteiger charge is 2.28. The van der Waals surface area contributed by atoms with E-state index in [1.54, 1.807) is 16.7 Å².